The van der Waals surface area contributed by atoms with Gasteiger partial charge in [-0.1, -0.05) is 20.3 Å². The van der Waals surface area contributed by atoms with Crippen molar-refractivity contribution in [2.24, 2.45) is 5.92 Å². The fourth-order valence-electron chi connectivity index (χ4n) is 3.05. The van der Waals surface area contributed by atoms with Gasteiger partial charge in [-0.2, -0.15) is 0 Å². The summed E-state index contributed by atoms with van der Waals surface area (Å²) in [6, 6.07) is 0.214. The van der Waals surface area contributed by atoms with Crippen molar-refractivity contribution >= 4 is 11.8 Å². The molecular formula is C14H24N2O2. The molecule has 1 N–H and O–H groups in total. The number of nitrogens with one attached hydrogen (secondary N) is 1. The summed E-state index contributed by atoms with van der Waals surface area (Å²) >= 11 is 0. The third-order valence-corrected chi connectivity index (χ3v) is 4.35. The van der Waals surface area contributed by atoms with Gasteiger partial charge in [-0.25, -0.2) is 0 Å². The van der Waals surface area contributed by atoms with Gasteiger partial charge < -0.3 is 10.2 Å². The number of amides is 2. The standard InChI is InChI=1S/C14H24N2O2/c1-4-6-11(5-2)16-9-12(17)15-14(3,13(16)18)10-7-8-10/h10-11H,4-9H2,1-3H3,(H,15,17). The van der Waals surface area contributed by atoms with Crippen LogP contribution in [-0.4, -0.2) is 34.8 Å². The molecule has 2 fully saturated rings. The van der Waals surface area contributed by atoms with Gasteiger partial charge in [0.1, 0.15) is 5.54 Å². The van der Waals surface area contributed by atoms with E-state index in [1.807, 2.05) is 11.8 Å². The van der Waals surface area contributed by atoms with Gasteiger partial charge in [-0.15, -0.1) is 0 Å². The van der Waals surface area contributed by atoms with E-state index in [9.17, 15) is 9.59 Å². The van der Waals surface area contributed by atoms with Crippen LogP contribution in [0.1, 0.15) is 52.9 Å². The molecule has 0 spiro atoms. The van der Waals surface area contributed by atoms with E-state index in [4.69, 9.17) is 0 Å². The molecule has 1 saturated carbocycles. The molecule has 0 aromatic carbocycles. The van der Waals surface area contributed by atoms with Crippen LogP contribution in [-0.2, 0) is 9.59 Å². The van der Waals surface area contributed by atoms with E-state index in [0.717, 1.165) is 32.1 Å². The summed E-state index contributed by atoms with van der Waals surface area (Å²) in [5.41, 5.74) is -0.642. The lowest BCUT2D eigenvalue weighted by Crippen LogP contribution is -2.68. The summed E-state index contributed by atoms with van der Waals surface area (Å²) in [6.45, 7) is 6.35. The molecule has 1 saturated heterocycles. The highest BCUT2D eigenvalue weighted by atomic mass is 16.2. The molecular weight excluding hydrogens is 228 g/mol. The highest BCUT2D eigenvalue weighted by Crippen LogP contribution is 2.42. The van der Waals surface area contributed by atoms with E-state index in [1.165, 1.54) is 0 Å². The zero-order valence-electron chi connectivity index (χ0n) is 11.7. The number of carbonyl (C=O) groups excluding carboxylic acids is 2. The maximum Gasteiger partial charge on any atom is 0.249 e. The lowest BCUT2D eigenvalue weighted by Gasteiger charge is -2.43. The Hall–Kier alpha value is -1.06. The molecule has 1 aliphatic carbocycles. The molecule has 0 aromatic rings. The van der Waals surface area contributed by atoms with E-state index < -0.39 is 5.54 Å². The minimum absolute atomic E-state index is 0.00134. The summed E-state index contributed by atoms with van der Waals surface area (Å²) in [7, 11) is 0. The zero-order chi connectivity index (χ0) is 13.3. The van der Waals surface area contributed by atoms with Crippen molar-refractivity contribution in [3.05, 3.63) is 0 Å². The summed E-state index contributed by atoms with van der Waals surface area (Å²) < 4.78 is 0. The Bertz CT molecular complexity index is 352. The second-order valence-electron chi connectivity index (χ2n) is 5.81. The Morgan fingerprint density at radius 2 is 2.06 bits per heavy atom. The Labute approximate surface area is 109 Å². The topological polar surface area (TPSA) is 49.4 Å². The van der Waals surface area contributed by atoms with Gasteiger partial charge in [0.05, 0.1) is 6.54 Å². The van der Waals surface area contributed by atoms with Crippen molar-refractivity contribution < 1.29 is 9.59 Å². The summed E-state index contributed by atoms with van der Waals surface area (Å²) in [5.74, 6) is 0.472. The molecule has 0 radical (unpaired) electrons. The summed E-state index contributed by atoms with van der Waals surface area (Å²) in [4.78, 5) is 26.4. The van der Waals surface area contributed by atoms with E-state index >= 15 is 0 Å². The van der Waals surface area contributed by atoms with Gasteiger partial charge in [0.25, 0.3) is 0 Å². The average molecular weight is 252 g/mol. The fraction of sp³-hybridized carbons (Fsp3) is 0.857. The van der Waals surface area contributed by atoms with Crippen LogP contribution in [0.25, 0.3) is 0 Å². The van der Waals surface area contributed by atoms with Crippen LogP contribution in [0.3, 0.4) is 0 Å². The van der Waals surface area contributed by atoms with E-state index in [0.29, 0.717) is 5.92 Å². The Kier molecular flexibility index (Phi) is 3.64. The molecule has 0 bridgehead atoms. The van der Waals surface area contributed by atoms with Crippen LogP contribution in [0.2, 0.25) is 0 Å². The molecule has 2 rings (SSSR count). The Morgan fingerprint density at radius 3 is 2.56 bits per heavy atom. The van der Waals surface area contributed by atoms with Crippen molar-refractivity contribution in [2.75, 3.05) is 6.54 Å². The first-order valence-corrected chi connectivity index (χ1v) is 7.15. The second-order valence-corrected chi connectivity index (χ2v) is 5.81. The van der Waals surface area contributed by atoms with E-state index in [1.54, 1.807) is 0 Å². The van der Waals surface area contributed by atoms with Gasteiger partial charge in [-0.05, 0) is 38.5 Å². The van der Waals surface area contributed by atoms with Crippen LogP contribution in [0, 0.1) is 5.92 Å². The van der Waals surface area contributed by atoms with E-state index in [-0.39, 0.29) is 24.4 Å². The summed E-state index contributed by atoms with van der Waals surface area (Å²) in [6.07, 6.45) is 5.07. The molecule has 2 aliphatic rings. The SMILES string of the molecule is CCCC(CC)N1CC(=O)NC(C)(C2CC2)C1=O. The number of piperazine rings is 1. The van der Waals surface area contributed by atoms with Crippen molar-refractivity contribution in [1.82, 2.24) is 10.2 Å². The summed E-state index contributed by atoms with van der Waals surface area (Å²) in [5, 5.41) is 2.93. The molecule has 102 valence electrons. The molecule has 2 atom stereocenters. The number of hydrogen-bond donors (Lipinski definition) is 1. The maximum atomic E-state index is 12.7. The normalized spacial score (nSPS) is 30.3. The molecule has 0 aromatic heterocycles. The average Bonchev–Trinajstić information content (AvgIpc) is 3.15. The second kappa shape index (κ2) is 4.90. The highest BCUT2D eigenvalue weighted by molar-refractivity contribution is 5.98. The minimum atomic E-state index is -0.642. The Morgan fingerprint density at radius 1 is 1.39 bits per heavy atom. The Balaban J connectivity index is 2.19. The highest BCUT2D eigenvalue weighted by Gasteiger charge is 2.53. The predicted octanol–water partition coefficient (Wildman–Crippen LogP) is 1.69. The van der Waals surface area contributed by atoms with Crippen molar-refractivity contribution in [1.29, 1.82) is 0 Å². The lowest BCUT2D eigenvalue weighted by molar-refractivity contribution is -0.153. The quantitative estimate of drug-likeness (QED) is 0.809. The van der Waals surface area contributed by atoms with Crippen LogP contribution in [0.5, 0.6) is 0 Å². The van der Waals surface area contributed by atoms with Crippen molar-refractivity contribution in [3.8, 4) is 0 Å². The molecule has 1 aliphatic heterocycles. The van der Waals surface area contributed by atoms with Crippen molar-refractivity contribution in [3.63, 3.8) is 0 Å². The van der Waals surface area contributed by atoms with Crippen molar-refractivity contribution in [2.45, 2.75) is 64.5 Å². The third-order valence-electron chi connectivity index (χ3n) is 4.35. The van der Waals surface area contributed by atoms with Gasteiger partial charge in [0.15, 0.2) is 0 Å². The number of carbonyl (C=O) groups is 2. The molecule has 4 heteroatoms. The first-order chi connectivity index (χ1) is 8.52. The predicted molar refractivity (Wildman–Crippen MR) is 70.0 cm³/mol. The number of rotatable bonds is 5. The molecule has 2 unspecified atom stereocenters. The molecule has 1 heterocycles. The third kappa shape index (κ3) is 2.25. The first kappa shape index (κ1) is 13.4. The molecule has 4 nitrogen and oxygen atoms in total. The fourth-order valence-corrected chi connectivity index (χ4v) is 3.05. The van der Waals surface area contributed by atoms with Crippen LogP contribution >= 0.6 is 0 Å². The van der Waals surface area contributed by atoms with Gasteiger partial charge >= 0.3 is 0 Å². The lowest BCUT2D eigenvalue weighted by atomic mass is 9.90. The van der Waals surface area contributed by atoms with Crippen LogP contribution < -0.4 is 5.32 Å². The largest absolute Gasteiger partial charge is 0.340 e. The van der Waals surface area contributed by atoms with Crippen LogP contribution in [0.15, 0.2) is 0 Å². The first-order valence-electron chi connectivity index (χ1n) is 7.15. The minimum Gasteiger partial charge on any atom is -0.340 e. The maximum absolute atomic E-state index is 12.7. The van der Waals surface area contributed by atoms with Gasteiger partial charge in [0, 0.05) is 6.04 Å². The molecule has 2 amide bonds. The number of nitrogens with zero attached hydrogens (tertiary/aromatic N) is 1. The van der Waals surface area contributed by atoms with E-state index in [2.05, 4.69) is 19.2 Å². The van der Waals surface area contributed by atoms with Gasteiger partial charge in [0.2, 0.25) is 11.8 Å². The van der Waals surface area contributed by atoms with Gasteiger partial charge in [-0.3, -0.25) is 9.59 Å². The monoisotopic (exact) mass is 252 g/mol. The van der Waals surface area contributed by atoms with Crippen LogP contribution in [0.4, 0.5) is 0 Å². The smallest absolute Gasteiger partial charge is 0.249 e. The molecule has 18 heavy (non-hydrogen) atoms. The number of hydrogen-bond acceptors (Lipinski definition) is 2. The zero-order valence-corrected chi connectivity index (χ0v) is 11.7.